The molecule has 14 heavy (non-hydrogen) atoms. The van der Waals surface area contributed by atoms with E-state index in [2.05, 4.69) is 22.2 Å². The topological polar surface area (TPSA) is 47.0 Å². The molecule has 0 aromatic carbocycles. The van der Waals surface area contributed by atoms with E-state index < -0.39 is 0 Å². The maximum Gasteiger partial charge on any atom is 0.218 e. The fourth-order valence-electron chi connectivity index (χ4n) is 1.09. The lowest BCUT2D eigenvalue weighted by Crippen LogP contribution is -2.04. The second kappa shape index (κ2) is 5.42. The summed E-state index contributed by atoms with van der Waals surface area (Å²) in [5.41, 5.74) is 0. The summed E-state index contributed by atoms with van der Waals surface area (Å²) in [4.78, 5) is 8.41. The van der Waals surface area contributed by atoms with Crippen LogP contribution in [0.5, 0.6) is 5.88 Å². The predicted octanol–water partition coefficient (Wildman–Crippen LogP) is 2.01. The number of aryl methyl sites for hydroxylation is 1. The zero-order valence-electron chi connectivity index (χ0n) is 9.00. The molecule has 0 unspecified atom stereocenters. The molecule has 0 aliphatic rings. The van der Waals surface area contributed by atoms with E-state index in [1.54, 1.807) is 0 Å². The van der Waals surface area contributed by atoms with Crippen LogP contribution in [-0.2, 0) is 0 Å². The Bertz CT molecular complexity index is 289. The Morgan fingerprint density at radius 3 is 2.79 bits per heavy atom. The molecule has 1 heterocycles. The maximum atomic E-state index is 5.43. The number of rotatable bonds is 5. The molecule has 4 nitrogen and oxygen atoms in total. The van der Waals surface area contributed by atoms with Gasteiger partial charge in [0.15, 0.2) is 0 Å². The predicted molar refractivity (Wildman–Crippen MR) is 56.7 cm³/mol. The van der Waals surface area contributed by atoms with Crippen molar-refractivity contribution in [3.05, 3.63) is 11.9 Å². The smallest absolute Gasteiger partial charge is 0.218 e. The third-order valence-corrected chi connectivity index (χ3v) is 1.63. The van der Waals surface area contributed by atoms with Crippen LogP contribution in [0.25, 0.3) is 0 Å². The van der Waals surface area contributed by atoms with Crippen LogP contribution >= 0.6 is 0 Å². The number of nitrogens with zero attached hydrogens (tertiary/aromatic N) is 2. The molecular formula is C10H17N3O. The highest BCUT2D eigenvalue weighted by atomic mass is 16.5. The molecule has 4 heteroatoms. The highest BCUT2D eigenvalue weighted by Gasteiger charge is 2.00. The molecule has 0 fully saturated rings. The standard InChI is InChI=1S/C10H17N3O/c1-4-6-14-10-7-9(11-5-2)12-8(3)13-10/h7H,4-6H2,1-3H3,(H,11,12,13). The zero-order valence-corrected chi connectivity index (χ0v) is 9.00. The molecule has 0 atom stereocenters. The third-order valence-electron chi connectivity index (χ3n) is 1.63. The summed E-state index contributed by atoms with van der Waals surface area (Å²) in [6.07, 6.45) is 0.986. The molecule has 0 radical (unpaired) electrons. The van der Waals surface area contributed by atoms with Crippen molar-refractivity contribution in [2.45, 2.75) is 27.2 Å². The summed E-state index contributed by atoms with van der Waals surface area (Å²) in [5.74, 6) is 2.20. The van der Waals surface area contributed by atoms with Crippen molar-refractivity contribution >= 4 is 5.82 Å². The summed E-state index contributed by atoms with van der Waals surface area (Å²) in [6, 6.07) is 1.83. The average Bonchev–Trinajstić information content (AvgIpc) is 2.14. The summed E-state index contributed by atoms with van der Waals surface area (Å²) in [5, 5.41) is 3.13. The monoisotopic (exact) mass is 195 g/mol. The van der Waals surface area contributed by atoms with E-state index in [9.17, 15) is 0 Å². The van der Waals surface area contributed by atoms with Crippen LogP contribution in [-0.4, -0.2) is 23.1 Å². The maximum absolute atomic E-state index is 5.43. The van der Waals surface area contributed by atoms with Crippen LogP contribution in [0.15, 0.2) is 6.07 Å². The zero-order chi connectivity index (χ0) is 10.4. The largest absolute Gasteiger partial charge is 0.478 e. The van der Waals surface area contributed by atoms with Crippen molar-refractivity contribution < 1.29 is 4.74 Å². The van der Waals surface area contributed by atoms with Crippen LogP contribution < -0.4 is 10.1 Å². The molecule has 78 valence electrons. The highest BCUT2D eigenvalue weighted by molar-refractivity contribution is 5.38. The summed E-state index contributed by atoms with van der Waals surface area (Å²) in [7, 11) is 0. The molecule has 1 N–H and O–H groups in total. The molecule has 0 aliphatic carbocycles. The highest BCUT2D eigenvalue weighted by Crippen LogP contribution is 2.13. The van der Waals surface area contributed by atoms with Gasteiger partial charge in [-0.05, 0) is 20.3 Å². The van der Waals surface area contributed by atoms with Crippen LogP contribution in [0.3, 0.4) is 0 Å². The van der Waals surface area contributed by atoms with E-state index in [0.29, 0.717) is 12.5 Å². The number of nitrogens with one attached hydrogen (secondary N) is 1. The molecule has 0 bridgehead atoms. The molecule has 0 saturated heterocycles. The first-order valence-corrected chi connectivity index (χ1v) is 4.98. The van der Waals surface area contributed by atoms with E-state index in [4.69, 9.17) is 4.74 Å². The fourth-order valence-corrected chi connectivity index (χ4v) is 1.09. The van der Waals surface area contributed by atoms with E-state index in [0.717, 1.165) is 24.6 Å². The van der Waals surface area contributed by atoms with Crippen molar-refractivity contribution in [2.24, 2.45) is 0 Å². The van der Waals surface area contributed by atoms with Crippen LogP contribution in [0.4, 0.5) is 5.82 Å². The molecule has 0 saturated carbocycles. The number of aromatic nitrogens is 2. The van der Waals surface area contributed by atoms with Gasteiger partial charge >= 0.3 is 0 Å². The van der Waals surface area contributed by atoms with Gasteiger partial charge in [0.25, 0.3) is 0 Å². The first-order valence-electron chi connectivity index (χ1n) is 4.98. The second-order valence-electron chi connectivity index (χ2n) is 3.02. The summed E-state index contributed by atoms with van der Waals surface area (Å²) >= 11 is 0. The van der Waals surface area contributed by atoms with E-state index in [1.165, 1.54) is 0 Å². The van der Waals surface area contributed by atoms with Gasteiger partial charge in [-0.25, -0.2) is 4.98 Å². The van der Waals surface area contributed by atoms with Crippen molar-refractivity contribution in [1.82, 2.24) is 9.97 Å². The van der Waals surface area contributed by atoms with Crippen LogP contribution in [0.1, 0.15) is 26.1 Å². The minimum Gasteiger partial charge on any atom is -0.478 e. The lowest BCUT2D eigenvalue weighted by molar-refractivity contribution is 0.304. The van der Waals surface area contributed by atoms with Crippen molar-refractivity contribution in [1.29, 1.82) is 0 Å². The molecule has 1 aromatic heterocycles. The van der Waals surface area contributed by atoms with Gasteiger partial charge in [0.1, 0.15) is 11.6 Å². The molecule has 0 amide bonds. The number of anilines is 1. The molecule has 1 aromatic rings. The SMILES string of the molecule is CCCOc1cc(NCC)nc(C)n1. The number of ether oxygens (including phenoxy) is 1. The molecular weight excluding hydrogens is 178 g/mol. The van der Waals surface area contributed by atoms with Gasteiger partial charge in [0, 0.05) is 12.6 Å². The van der Waals surface area contributed by atoms with Crippen LogP contribution in [0.2, 0.25) is 0 Å². The Hall–Kier alpha value is -1.32. The normalized spacial score (nSPS) is 9.93. The Morgan fingerprint density at radius 2 is 2.14 bits per heavy atom. The summed E-state index contributed by atoms with van der Waals surface area (Å²) < 4.78 is 5.43. The lowest BCUT2D eigenvalue weighted by atomic mass is 10.5. The third kappa shape index (κ3) is 3.20. The fraction of sp³-hybridized carbons (Fsp3) is 0.600. The van der Waals surface area contributed by atoms with Gasteiger partial charge in [-0.2, -0.15) is 4.98 Å². The number of hydrogen-bond acceptors (Lipinski definition) is 4. The first-order chi connectivity index (χ1) is 6.76. The first kappa shape index (κ1) is 10.8. The Labute approximate surface area is 84.7 Å². The van der Waals surface area contributed by atoms with Gasteiger partial charge in [0.2, 0.25) is 5.88 Å². The Kier molecular flexibility index (Phi) is 4.16. The second-order valence-corrected chi connectivity index (χ2v) is 3.02. The molecule has 0 spiro atoms. The van der Waals surface area contributed by atoms with E-state index in [1.807, 2.05) is 19.9 Å². The van der Waals surface area contributed by atoms with Gasteiger partial charge in [-0.15, -0.1) is 0 Å². The van der Waals surface area contributed by atoms with Crippen molar-refractivity contribution in [3.63, 3.8) is 0 Å². The lowest BCUT2D eigenvalue weighted by Gasteiger charge is -2.07. The van der Waals surface area contributed by atoms with Crippen molar-refractivity contribution in [3.8, 4) is 5.88 Å². The van der Waals surface area contributed by atoms with Gasteiger partial charge in [-0.3, -0.25) is 0 Å². The van der Waals surface area contributed by atoms with Gasteiger partial charge < -0.3 is 10.1 Å². The van der Waals surface area contributed by atoms with E-state index >= 15 is 0 Å². The minimum absolute atomic E-state index is 0.648. The van der Waals surface area contributed by atoms with Gasteiger partial charge in [0.05, 0.1) is 6.61 Å². The van der Waals surface area contributed by atoms with Crippen molar-refractivity contribution in [2.75, 3.05) is 18.5 Å². The summed E-state index contributed by atoms with van der Waals surface area (Å²) in [6.45, 7) is 7.51. The Morgan fingerprint density at radius 1 is 1.36 bits per heavy atom. The number of hydrogen-bond donors (Lipinski definition) is 1. The average molecular weight is 195 g/mol. The Balaban J connectivity index is 2.73. The molecule has 0 aliphatic heterocycles. The quantitative estimate of drug-likeness (QED) is 0.780. The van der Waals surface area contributed by atoms with Gasteiger partial charge in [-0.1, -0.05) is 6.92 Å². The van der Waals surface area contributed by atoms with Crippen LogP contribution in [0, 0.1) is 6.92 Å². The molecule has 1 rings (SSSR count). The van der Waals surface area contributed by atoms with E-state index in [-0.39, 0.29) is 0 Å². The minimum atomic E-state index is 0.648.